The van der Waals surface area contributed by atoms with Crippen LogP contribution in [0.4, 0.5) is 4.79 Å². The number of halogens is 2. The van der Waals surface area contributed by atoms with Crippen molar-refractivity contribution in [2.45, 2.75) is 41.0 Å². The Bertz CT molecular complexity index is 1100. The van der Waals surface area contributed by atoms with Gasteiger partial charge in [0.05, 0.1) is 12.1 Å². The number of amides is 1. The maximum atomic E-state index is 12.4. The Labute approximate surface area is 213 Å². The molecular weight excluding hydrogens is 469 g/mol. The van der Waals surface area contributed by atoms with Crippen molar-refractivity contribution in [1.82, 2.24) is 4.90 Å². The van der Waals surface area contributed by atoms with Crippen molar-refractivity contribution in [3.63, 3.8) is 0 Å². The number of hydrogen-bond acceptors (Lipinski definition) is 3. The molecule has 34 heavy (non-hydrogen) atoms. The minimum Gasteiger partial charge on any atom is -0.496 e. The van der Waals surface area contributed by atoms with E-state index in [2.05, 4.69) is 6.07 Å². The van der Waals surface area contributed by atoms with Gasteiger partial charge in [-0.05, 0) is 49.6 Å². The largest absolute Gasteiger partial charge is 0.496 e. The lowest BCUT2D eigenvalue weighted by molar-refractivity contribution is 0.157. The molecule has 0 spiro atoms. The number of rotatable bonds is 7. The summed E-state index contributed by atoms with van der Waals surface area (Å²) in [6, 6.07) is 17.8. The Morgan fingerprint density at radius 2 is 1.59 bits per heavy atom. The molecule has 3 aromatic rings. The highest BCUT2D eigenvalue weighted by molar-refractivity contribution is 6.36. The quantitative estimate of drug-likeness (QED) is 0.325. The monoisotopic (exact) mass is 501 g/mol. The summed E-state index contributed by atoms with van der Waals surface area (Å²) in [6.07, 6.45) is 0.118. The Balaban J connectivity index is 0.00000199. The van der Waals surface area contributed by atoms with E-state index in [9.17, 15) is 4.79 Å². The third kappa shape index (κ3) is 6.46. The number of nitrogens with zero attached hydrogens (tertiary/aromatic N) is 1. The fourth-order valence-electron chi connectivity index (χ4n) is 3.57. The lowest BCUT2D eigenvalue weighted by Crippen LogP contribution is -2.33. The summed E-state index contributed by atoms with van der Waals surface area (Å²) in [6.45, 7) is 10.8. The molecule has 1 amide bonds. The predicted octanol–water partition coefficient (Wildman–Crippen LogP) is 8.44. The maximum Gasteiger partial charge on any atom is 0.415 e. The van der Waals surface area contributed by atoms with Gasteiger partial charge in [0.15, 0.2) is 0 Å². The van der Waals surface area contributed by atoms with E-state index < -0.39 is 6.09 Å². The van der Waals surface area contributed by atoms with E-state index in [0.717, 1.165) is 28.0 Å². The Morgan fingerprint density at radius 1 is 0.941 bits per heavy atom. The zero-order valence-electron chi connectivity index (χ0n) is 20.7. The molecule has 0 saturated heterocycles. The second-order valence-corrected chi connectivity index (χ2v) is 8.18. The second-order valence-electron chi connectivity index (χ2n) is 7.39. The van der Waals surface area contributed by atoms with Gasteiger partial charge in [0.1, 0.15) is 11.5 Å². The summed E-state index contributed by atoms with van der Waals surface area (Å²) < 4.78 is 11.1. The van der Waals surface area contributed by atoms with Crippen LogP contribution >= 0.6 is 23.2 Å². The van der Waals surface area contributed by atoms with Gasteiger partial charge in [0.25, 0.3) is 0 Å². The minimum absolute atomic E-state index is 0.375. The van der Waals surface area contributed by atoms with Gasteiger partial charge in [-0.25, -0.2) is 4.79 Å². The van der Waals surface area contributed by atoms with Crippen LogP contribution in [0, 0.1) is 6.92 Å². The smallest absolute Gasteiger partial charge is 0.415 e. The van der Waals surface area contributed by atoms with Gasteiger partial charge >= 0.3 is 6.09 Å². The standard InChI is InChI=1S/C26H27Cl2NO3.C2H6/c1-5-29(6-2)26(30)32-24-16-22(27)21(25(28)17(24)3)15-18-12-13-23(31-4)20(14-18)19-10-8-7-9-11-19;1-2/h7-14,16H,5-6,15H2,1-4H3;1-2H3. The number of hydrogen-bond donors (Lipinski definition) is 0. The zero-order valence-corrected chi connectivity index (χ0v) is 22.3. The van der Waals surface area contributed by atoms with Gasteiger partial charge in [-0.1, -0.05) is 73.4 Å². The second kappa shape index (κ2) is 13.3. The predicted molar refractivity (Wildman–Crippen MR) is 143 cm³/mol. The highest BCUT2D eigenvalue weighted by atomic mass is 35.5. The Morgan fingerprint density at radius 3 is 2.18 bits per heavy atom. The third-order valence-corrected chi connectivity index (χ3v) is 6.31. The van der Waals surface area contributed by atoms with E-state index in [1.807, 2.05) is 77.1 Å². The van der Waals surface area contributed by atoms with Crippen LogP contribution in [-0.4, -0.2) is 31.2 Å². The van der Waals surface area contributed by atoms with Crippen LogP contribution in [-0.2, 0) is 6.42 Å². The van der Waals surface area contributed by atoms with Crippen LogP contribution in [0.3, 0.4) is 0 Å². The van der Waals surface area contributed by atoms with Gasteiger partial charge in [0, 0.05) is 41.7 Å². The summed E-state index contributed by atoms with van der Waals surface area (Å²) in [4.78, 5) is 14.0. The van der Waals surface area contributed by atoms with Crippen LogP contribution in [0.1, 0.15) is 44.4 Å². The summed E-state index contributed by atoms with van der Waals surface area (Å²) >= 11 is 13.3. The SMILES string of the molecule is CC.CCN(CC)C(=O)Oc1cc(Cl)c(Cc2ccc(OC)c(-c3ccccc3)c2)c(Cl)c1C. The molecule has 0 saturated carbocycles. The molecule has 0 aromatic heterocycles. The first-order valence-corrected chi connectivity index (χ1v) is 12.3. The molecular formula is C28H33Cl2NO3. The molecule has 6 heteroatoms. The maximum absolute atomic E-state index is 12.4. The van der Waals surface area contributed by atoms with Crippen molar-refractivity contribution in [1.29, 1.82) is 0 Å². The lowest BCUT2D eigenvalue weighted by atomic mass is 9.97. The summed E-state index contributed by atoms with van der Waals surface area (Å²) in [5.74, 6) is 1.17. The van der Waals surface area contributed by atoms with E-state index in [-0.39, 0.29) is 0 Å². The molecule has 3 aromatic carbocycles. The summed E-state index contributed by atoms with van der Waals surface area (Å²) in [5, 5.41) is 0.956. The number of ether oxygens (including phenoxy) is 2. The Hall–Kier alpha value is -2.69. The summed E-state index contributed by atoms with van der Waals surface area (Å²) in [5.41, 5.74) is 4.58. The topological polar surface area (TPSA) is 38.8 Å². The zero-order chi connectivity index (χ0) is 25.3. The first kappa shape index (κ1) is 27.6. The molecule has 0 aliphatic heterocycles. The normalized spacial score (nSPS) is 10.2. The van der Waals surface area contributed by atoms with Crippen molar-refractivity contribution in [2.24, 2.45) is 0 Å². The van der Waals surface area contributed by atoms with Crippen molar-refractivity contribution < 1.29 is 14.3 Å². The first-order valence-electron chi connectivity index (χ1n) is 11.6. The first-order chi connectivity index (χ1) is 16.4. The third-order valence-electron chi connectivity index (χ3n) is 5.46. The molecule has 0 bridgehead atoms. The highest BCUT2D eigenvalue weighted by Gasteiger charge is 2.19. The van der Waals surface area contributed by atoms with Crippen molar-refractivity contribution >= 4 is 29.3 Å². The lowest BCUT2D eigenvalue weighted by Gasteiger charge is -2.20. The van der Waals surface area contributed by atoms with E-state index in [4.69, 9.17) is 32.7 Å². The van der Waals surface area contributed by atoms with E-state index in [1.54, 1.807) is 18.1 Å². The van der Waals surface area contributed by atoms with Crippen LogP contribution < -0.4 is 9.47 Å². The molecule has 0 heterocycles. The number of carbonyl (C=O) groups excluding carboxylic acids is 1. The van der Waals surface area contributed by atoms with Gasteiger partial charge in [-0.15, -0.1) is 0 Å². The molecule has 0 fully saturated rings. The van der Waals surface area contributed by atoms with Crippen molar-refractivity contribution in [3.05, 3.63) is 81.3 Å². The fraction of sp³-hybridized carbons (Fsp3) is 0.321. The van der Waals surface area contributed by atoms with Gasteiger partial charge in [-0.2, -0.15) is 0 Å². The van der Waals surface area contributed by atoms with Crippen LogP contribution in [0.2, 0.25) is 10.0 Å². The molecule has 3 rings (SSSR count). The van der Waals surface area contributed by atoms with E-state index in [0.29, 0.717) is 40.9 Å². The van der Waals surface area contributed by atoms with Crippen LogP contribution in [0.15, 0.2) is 54.6 Å². The molecule has 182 valence electrons. The average Bonchev–Trinajstić information content (AvgIpc) is 2.87. The van der Waals surface area contributed by atoms with E-state index >= 15 is 0 Å². The molecule has 0 aliphatic carbocycles. The molecule has 0 aliphatic rings. The minimum atomic E-state index is -0.416. The number of benzene rings is 3. The molecule has 0 unspecified atom stereocenters. The van der Waals surface area contributed by atoms with Crippen LogP contribution in [0.25, 0.3) is 11.1 Å². The highest BCUT2D eigenvalue weighted by Crippen LogP contribution is 2.38. The number of methoxy groups -OCH3 is 1. The molecule has 0 atom stereocenters. The van der Waals surface area contributed by atoms with Gasteiger partial charge in [0.2, 0.25) is 0 Å². The van der Waals surface area contributed by atoms with Crippen molar-refractivity contribution in [2.75, 3.05) is 20.2 Å². The van der Waals surface area contributed by atoms with E-state index in [1.165, 1.54) is 0 Å². The van der Waals surface area contributed by atoms with Gasteiger partial charge < -0.3 is 14.4 Å². The summed E-state index contributed by atoms with van der Waals surface area (Å²) in [7, 11) is 1.66. The molecule has 0 radical (unpaired) electrons. The molecule has 4 nitrogen and oxygen atoms in total. The fourth-order valence-corrected chi connectivity index (χ4v) is 4.14. The number of carbonyl (C=O) groups is 1. The van der Waals surface area contributed by atoms with Gasteiger partial charge in [-0.3, -0.25) is 0 Å². The Kier molecular flexibility index (Phi) is 10.7. The van der Waals surface area contributed by atoms with Crippen molar-refractivity contribution in [3.8, 4) is 22.6 Å². The molecule has 0 N–H and O–H groups in total. The average molecular weight is 502 g/mol. The van der Waals surface area contributed by atoms with Crippen LogP contribution in [0.5, 0.6) is 11.5 Å².